The van der Waals surface area contributed by atoms with Crippen LogP contribution in [0.3, 0.4) is 0 Å². The molecular weight excluding hydrogens is 460 g/mol. The molecule has 0 radical (unpaired) electrons. The van der Waals surface area contributed by atoms with Crippen molar-refractivity contribution in [2.24, 2.45) is 0 Å². The maximum absolute atomic E-state index is 13.1. The van der Waals surface area contributed by atoms with Crippen LogP contribution in [0.4, 0.5) is 5.69 Å². The fourth-order valence-electron chi connectivity index (χ4n) is 3.88. The Balaban J connectivity index is 1.33. The van der Waals surface area contributed by atoms with Crippen LogP contribution in [0.2, 0.25) is 0 Å². The Hall–Kier alpha value is -4.46. The molecule has 36 heavy (non-hydrogen) atoms. The van der Waals surface area contributed by atoms with Gasteiger partial charge < -0.3 is 14.8 Å². The molecule has 3 amide bonds. The summed E-state index contributed by atoms with van der Waals surface area (Å²) in [6.07, 6.45) is 0. The minimum atomic E-state index is -0.769. The van der Waals surface area contributed by atoms with Crippen LogP contribution < -0.4 is 15.0 Å². The number of rotatable bonds is 8. The molecule has 3 aromatic rings. The molecule has 0 bridgehead atoms. The van der Waals surface area contributed by atoms with Gasteiger partial charge in [-0.25, -0.2) is 9.69 Å². The van der Waals surface area contributed by atoms with Gasteiger partial charge in [0.05, 0.1) is 28.9 Å². The lowest BCUT2D eigenvalue weighted by molar-refractivity contribution is -0.124. The minimum absolute atomic E-state index is 0.0771. The summed E-state index contributed by atoms with van der Waals surface area (Å²) >= 11 is 0. The second kappa shape index (κ2) is 10.4. The van der Waals surface area contributed by atoms with Gasteiger partial charge in [-0.15, -0.1) is 0 Å². The molecule has 8 nitrogen and oxygen atoms in total. The highest BCUT2D eigenvalue weighted by molar-refractivity contribution is 6.35. The van der Waals surface area contributed by atoms with Crippen LogP contribution in [0.15, 0.2) is 60.7 Å². The molecule has 8 heteroatoms. The average molecular weight is 487 g/mol. The first kappa shape index (κ1) is 24.7. The van der Waals surface area contributed by atoms with Gasteiger partial charge in [-0.1, -0.05) is 24.3 Å². The predicted octanol–water partition coefficient (Wildman–Crippen LogP) is 3.76. The number of anilines is 1. The van der Waals surface area contributed by atoms with Crippen LogP contribution in [0, 0.1) is 20.8 Å². The molecule has 1 aliphatic heterocycles. The van der Waals surface area contributed by atoms with Crippen molar-refractivity contribution in [1.29, 1.82) is 0 Å². The van der Waals surface area contributed by atoms with Gasteiger partial charge in [0.2, 0.25) is 0 Å². The summed E-state index contributed by atoms with van der Waals surface area (Å²) in [6.45, 7) is 5.68. The predicted molar refractivity (Wildman–Crippen MR) is 133 cm³/mol. The number of hydrogen-bond acceptors (Lipinski definition) is 6. The normalized spacial score (nSPS) is 12.4. The number of nitrogens with one attached hydrogen (secondary N) is 1. The number of imide groups is 1. The van der Waals surface area contributed by atoms with Gasteiger partial charge in [-0.3, -0.25) is 14.4 Å². The lowest BCUT2D eigenvalue weighted by atomic mass is 10.1. The Bertz CT molecular complexity index is 1360. The Labute approximate surface area is 208 Å². The fraction of sp³-hybridized carbons (Fsp3) is 0.214. The monoisotopic (exact) mass is 486 g/mol. The van der Waals surface area contributed by atoms with Crippen LogP contribution in [-0.4, -0.2) is 43.4 Å². The van der Waals surface area contributed by atoms with E-state index in [0.717, 1.165) is 21.6 Å². The fourth-order valence-corrected chi connectivity index (χ4v) is 3.88. The topological polar surface area (TPSA) is 102 Å². The zero-order chi connectivity index (χ0) is 25.8. The van der Waals surface area contributed by atoms with E-state index in [9.17, 15) is 19.2 Å². The number of esters is 1. The number of hydrogen-bond donors (Lipinski definition) is 1. The largest absolute Gasteiger partial charge is 0.492 e. The van der Waals surface area contributed by atoms with E-state index in [0.29, 0.717) is 11.4 Å². The third-order valence-corrected chi connectivity index (χ3v) is 5.74. The van der Waals surface area contributed by atoms with Crippen molar-refractivity contribution in [2.45, 2.75) is 20.8 Å². The first-order valence-corrected chi connectivity index (χ1v) is 11.5. The molecule has 1 heterocycles. The standard InChI is InChI=1S/C28H26N2O6/c1-17-5-4-6-21(13-17)35-12-11-29-25(31)16-36-28(34)20-9-10-22-23(15-20)27(33)30(26(22)32)24-14-18(2)7-8-19(24)3/h4-10,13-15H,11-12,16H2,1-3H3,(H,29,31). The SMILES string of the molecule is Cc1cccc(OCCNC(=O)COC(=O)c2ccc3c(c2)C(=O)N(c2cc(C)ccc2C)C3=O)c1. The molecular formula is C28H26N2O6. The quantitative estimate of drug-likeness (QED) is 0.296. The van der Waals surface area contributed by atoms with Crippen molar-refractivity contribution in [2.75, 3.05) is 24.7 Å². The van der Waals surface area contributed by atoms with Crippen LogP contribution >= 0.6 is 0 Å². The first-order valence-electron chi connectivity index (χ1n) is 11.5. The van der Waals surface area contributed by atoms with Crippen molar-refractivity contribution in [3.05, 3.63) is 94.0 Å². The van der Waals surface area contributed by atoms with E-state index in [4.69, 9.17) is 9.47 Å². The van der Waals surface area contributed by atoms with E-state index >= 15 is 0 Å². The second-order valence-electron chi connectivity index (χ2n) is 8.59. The van der Waals surface area contributed by atoms with E-state index in [2.05, 4.69) is 5.32 Å². The summed E-state index contributed by atoms with van der Waals surface area (Å²) in [5.41, 5.74) is 3.68. The highest BCUT2D eigenvalue weighted by atomic mass is 16.5. The maximum Gasteiger partial charge on any atom is 0.338 e. The molecule has 4 rings (SSSR count). The van der Waals surface area contributed by atoms with Gasteiger partial charge in [-0.05, 0) is 73.9 Å². The van der Waals surface area contributed by atoms with Crippen molar-refractivity contribution in [3.63, 3.8) is 0 Å². The second-order valence-corrected chi connectivity index (χ2v) is 8.59. The Morgan fingerprint density at radius 3 is 2.39 bits per heavy atom. The summed E-state index contributed by atoms with van der Waals surface area (Å²) in [5, 5.41) is 2.62. The summed E-state index contributed by atoms with van der Waals surface area (Å²) in [7, 11) is 0. The molecule has 0 fully saturated rings. The summed E-state index contributed by atoms with van der Waals surface area (Å²) < 4.78 is 10.6. The van der Waals surface area contributed by atoms with Crippen molar-refractivity contribution in [1.82, 2.24) is 5.32 Å². The Kier molecular flexibility index (Phi) is 7.15. The van der Waals surface area contributed by atoms with Gasteiger partial charge in [-0.2, -0.15) is 0 Å². The van der Waals surface area contributed by atoms with E-state index < -0.39 is 30.3 Å². The van der Waals surface area contributed by atoms with Crippen LogP contribution in [0.5, 0.6) is 5.75 Å². The third kappa shape index (κ3) is 5.27. The van der Waals surface area contributed by atoms with Crippen LogP contribution in [-0.2, 0) is 9.53 Å². The lowest BCUT2D eigenvalue weighted by Gasteiger charge is -2.17. The first-order chi connectivity index (χ1) is 17.2. The highest BCUT2D eigenvalue weighted by Crippen LogP contribution is 2.31. The molecule has 184 valence electrons. The molecule has 0 unspecified atom stereocenters. The van der Waals surface area contributed by atoms with Gasteiger partial charge in [0.1, 0.15) is 12.4 Å². The summed E-state index contributed by atoms with van der Waals surface area (Å²) in [4.78, 5) is 51.6. The molecule has 0 aromatic heterocycles. The summed E-state index contributed by atoms with van der Waals surface area (Å²) in [6, 6.07) is 17.2. The molecule has 0 saturated carbocycles. The molecule has 3 aromatic carbocycles. The van der Waals surface area contributed by atoms with Gasteiger partial charge >= 0.3 is 5.97 Å². The number of ether oxygens (including phenoxy) is 2. The number of carbonyl (C=O) groups excluding carboxylic acids is 4. The summed E-state index contributed by atoms with van der Waals surface area (Å²) in [5.74, 6) is -1.50. The molecule has 0 spiro atoms. The third-order valence-electron chi connectivity index (χ3n) is 5.74. The number of aryl methyl sites for hydroxylation is 3. The molecule has 0 aliphatic carbocycles. The van der Waals surface area contributed by atoms with Crippen molar-refractivity contribution >= 4 is 29.4 Å². The van der Waals surface area contributed by atoms with Crippen molar-refractivity contribution < 1.29 is 28.7 Å². The lowest BCUT2D eigenvalue weighted by Crippen LogP contribution is -2.32. The van der Waals surface area contributed by atoms with E-state index in [-0.39, 0.29) is 29.8 Å². The van der Waals surface area contributed by atoms with Gasteiger partial charge in [0.15, 0.2) is 6.61 Å². The Morgan fingerprint density at radius 1 is 0.861 bits per heavy atom. The van der Waals surface area contributed by atoms with Gasteiger partial charge in [0.25, 0.3) is 17.7 Å². The van der Waals surface area contributed by atoms with Gasteiger partial charge in [0, 0.05) is 0 Å². The molecule has 0 saturated heterocycles. The van der Waals surface area contributed by atoms with E-state index in [1.165, 1.54) is 18.2 Å². The van der Waals surface area contributed by atoms with E-state index in [1.807, 2.05) is 57.2 Å². The number of fused-ring (bicyclic) bond motifs is 1. The molecule has 0 atom stereocenters. The zero-order valence-corrected chi connectivity index (χ0v) is 20.3. The van der Waals surface area contributed by atoms with Crippen LogP contribution in [0.25, 0.3) is 0 Å². The number of carbonyl (C=O) groups is 4. The maximum atomic E-state index is 13.1. The highest BCUT2D eigenvalue weighted by Gasteiger charge is 2.38. The number of nitrogens with zero attached hydrogens (tertiary/aromatic N) is 1. The molecule has 1 aliphatic rings. The zero-order valence-electron chi connectivity index (χ0n) is 20.3. The van der Waals surface area contributed by atoms with Crippen LogP contribution in [0.1, 0.15) is 47.8 Å². The smallest absolute Gasteiger partial charge is 0.338 e. The minimum Gasteiger partial charge on any atom is -0.492 e. The number of benzene rings is 3. The average Bonchev–Trinajstić information content (AvgIpc) is 3.11. The number of amides is 3. The van der Waals surface area contributed by atoms with E-state index in [1.54, 1.807) is 6.07 Å². The molecule has 1 N–H and O–H groups in total. The Morgan fingerprint density at radius 2 is 1.61 bits per heavy atom. The van der Waals surface area contributed by atoms with Crippen molar-refractivity contribution in [3.8, 4) is 5.75 Å².